The predicted molar refractivity (Wildman–Crippen MR) is 65.1 cm³/mol. The first-order valence-electron chi connectivity index (χ1n) is 4.79. The third-order valence-electron chi connectivity index (χ3n) is 2.27. The van der Waals surface area contributed by atoms with E-state index in [-0.39, 0.29) is 24.4 Å². The highest BCUT2D eigenvalue weighted by molar-refractivity contribution is 7.13. The molecule has 1 aromatic heterocycles. The molecular formula is C9H14ClN3O2S. The number of nitrogens with zero attached hydrogens (tertiary/aromatic N) is 1. The minimum Gasteiger partial charge on any atom is -0.392 e. The van der Waals surface area contributed by atoms with Gasteiger partial charge in [0.15, 0.2) is 5.13 Å². The molecule has 0 radical (unpaired) electrons. The maximum Gasteiger partial charge on any atom is 0.243 e. The average molecular weight is 264 g/mol. The summed E-state index contributed by atoms with van der Waals surface area (Å²) in [5.74, 6) is -0.124. The molecule has 1 amide bonds. The molecule has 2 atom stereocenters. The van der Waals surface area contributed by atoms with Crippen molar-refractivity contribution in [3.63, 3.8) is 0 Å². The number of halogens is 1. The normalized spacial score (nSPS) is 23.9. The van der Waals surface area contributed by atoms with Crippen molar-refractivity contribution in [3.05, 3.63) is 11.1 Å². The Balaban J connectivity index is 0.00000128. The summed E-state index contributed by atoms with van der Waals surface area (Å²) < 4.78 is 0. The van der Waals surface area contributed by atoms with Gasteiger partial charge >= 0.3 is 0 Å². The van der Waals surface area contributed by atoms with Gasteiger partial charge in [0.05, 0.1) is 17.8 Å². The van der Waals surface area contributed by atoms with Crippen LogP contribution in [0, 0.1) is 6.92 Å². The minimum atomic E-state index is -0.418. The number of anilines is 1. The molecule has 1 aliphatic rings. The first-order valence-corrected chi connectivity index (χ1v) is 5.67. The molecule has 16 heavy (non-hydrogen) atoms. The second-order valence-corrected chi connectivity index (χ2v) is 4.49. The number of amides is 1. The number of β-amino-alcohol motifs (C(OH)–C–C–N with tert-alkyl or cyclic N) is 1. The van der Waals surface area contributed by atoms with E-state index in [1.165, 1.54) is 11.3 Å². The van der Waals surface area contributed by atoms with Gasteiger partial charge in [0, 0.05) is 11.9 Å². The fourth-order valence-electron chi connectivity index (χ4n) is 1.52. The first-order chi connectivity index (χ1) is 7.15. The summed E-state index contributed by atoms with van der Waals surface area (Å²) in [6.45, 7) is 2.36. The summed E-state index contributed by atoms with van der Waals surface area (Å²) in [5, 5.41) is 17.4. The van der Waals surface area contributed by atoms with Crippen molar-refractivity contribution in [2.24, 2.45) is 0 Å². The first kappa shape index (κ1) is 13.4. The molecule has 0 unspecified atom stereocenters. The predicted octanol–water partition coefficient (Wildman–Crippen LogP) is 0.535. The Bertz CT molecular complexity index is 371. The van der Waals surface area contributed by atoms with Crippen LogP contribution in [0.1, 0.15) is 12.1 Å². The number of aliphatic hydroxyl groups is 1. The lowest BCUT2D eigenvalue weighted by Crippen LogP contribution is -2.35. The summed E-state index contributed by atoms with van der Waals surface area (Å²) in [6.07, 6.45) is 0.0506. The fraction of sp³-hybridized carbons (Fsp3) is 0.556. The van der Waals surface area contributed by atoms with E-state index in [4.69, 9.17) is 0 Å². The van der Waals surface area contributed by atoms with Crippen LogP contribution in [0.4, 0.5) is 5.13 Å². The van der Waals surface area contributed by atoms with Gasteiger partial charge in [-0.2, -0.15) is 0 Å². The van der Waals surface area contributed by atoms with E-state index in [9.17, 15) is 9.90 Å². The van der Waals surface area contributed by atoms with Gasteiger partial charge in [-0.15, -0.1) is 23.7 Å². The van der Waals surface area contributed by atoms with E-state index in [0.717, 1.165) is 5.69 Å². The number of aromatic nitrogens is 1. The summed E-state index contributed by atoms with van der Waals surface area (Å²) >= 11 is 1.40. The molecule has 3 N–H and O–H groups in total. The number of carbonyl (C=O) groups is 1. The number of aliphatic hydroxyl groups excluding tert-OH is 1. The molecule has 2 heterocycles. The molecule has 90 valence electrons. The van der Waals surface area contributed by atoms with Crippen LogP contribution in [0.3, 0.4) is 0 Å². The molecule has 1 fully saturated rings. The Morgan fingerprint density at radius 1 is 1.75 bits per heavy atom. The number of hydrogen-bond donors (Lipinski definition) is 3. The van der Waals surface area contributed by atoms with Crippen LogP contribution in [-0.4, -0.2) is 34.7 Å². The maximum absolute atomic E-state index is 11.7. The smallest absolute Gasteiger partial charge is 0.243 e. The van der Waals surface area contributed by atoms with Crippen LogP contribution >= 0.6 is 23.7 Å². The number of aryl methyl sites for hydroxylation is 1. The van der Waals surface area contributed by atoms with E-state index >= 15 is 0 Å². The lowest BCUT2D eigenvalue weighted by molar-refractivity contribution is -0.117. The van der Waals surface area contributed by atoms with Crippen LogP contribution < -0.4 is 10.6 Å². The van der Waals surface area contributed by atoms with Gasteiger partial charge in [-0.3, -0.25) is 4.79 Å². The molecule has 5 nitrogen and oxygen atoms in total. The molecule has 0 saturated carbocycles. The molecule has 0 spiro atoms. The third-order valence-corrected chi connectivity index (χ3v) is 3.15. The van der Waals surface area contributed by atoms with Crippen molar-refractivity contribution in [2.45, 2.75) is 25.5 Å². The highest BCUT2D eigenvalue weighted by atomic mass is 35.5. The molecule has 0 bridgehead atoms. The number of rotatable bonds is 2. The van der Waals surface area contributed by atoms with E-state index < -0.39 is 6.10 Å². The maximum atomic E-state index is 11.7. The summed E-state index contributed by atoms with van der Waals surface area (Å²) in [5.41, 5.74) is 0.898. The number of thiazole rings is 1. The lowest BCUT2D eigenvalue weighted by atomic mass is 10.2. The van der Waals surface area contributed by atoms with Crippen molar-refractivity contribution in [1.82, 2.24) is 10.3 Å². The Morgan fingerprint density at radius 3 is 3.00 bits per heavy atom. The zero-order valence-electron chi connectivity index (χ0n) is 8.77. The SMILES string of the molecule is Cc1csc(NC(=O)[C@H]2C[C@@H](O)CN2)n1.Cl. The largest absolute Gasteiger partial charge is 0.392 e. The van der Waals surface area contributed by atoms with Gasteiger partial charge in [-0.1, -0.05) is 0 Å². The van der Waals surface area contributed by atoms with Crippen molar-refractivity contribution in [2.75, 3.05) is 11.9 Å². The van der Waals surface area contributed by atoms with Crippen LogP contribution in [0.2, 0.25) is 0 Å². The van der Waals surface area contributed by atoms with Crippen LogP contribution in [0.5, 0.6) is 0 Å². The molecule has 7 heteroatoms. The van der Waals surface area contributed by atoms with Crippen LogP contribution in [0.25, 0.3) is 0 Å². The van der Waals surface area contributed by atoms with Gasteiger partial charge in [-0.25, -0.2) is 4.98 Å². The van der Waals surface area contributed by atoms with Gasteiger partial charge < -0.3 is 15.7 Å². The van der Waals surface area contributed by atoms with Gasteiger partial charge in [0.25, 0.3) is 0 Å². The summed E-state index contributed by atoms with van der Waals surface area (Å²) in [4.78, 5) is 15.8. The molecule has 0 aromatic carbocycles. The van der Waals surface area contributed by atoms with Gasteiger partial charge in [-0.05, 0) is 13.3 Å². The van der Waals surface area contributed by atoms with Crippen molar-refractivity contribution < 1.29 is 9.90 Å². The van der Waals surface area contributed by atoms with Crippen molar-refractivity contribution in [3.8, 4) is 0 Å². The van der Waals surface area contributed by atoms with E-state index in [0.29, 0.717) is 18.1 Å². The van der Waals surface area contributed by atoms with Gasteiger partial charge in [0.1, 0.15) is 0 Å². The monoisotopic (exact) mass is 263 g/mol. The molecule has 1 aliphatic heterocycles. The molecule has 2 rings (SSSR count). The van der Waals surface area contributed by atoms with Crippen molar-refractivity contribution in [1.29, 1.82) is 0 Å². The number of hydrogen-bond acceptors (Lipinski definition) is 5. The second-order valence-electron chi connectivity index (χ2n) is 3.63. The zero-order chi connectivity index (χ0) is 10.8. The standard InChI is InChI=1S/C9H13N3O2S.ClH/c1-5-4-15-9(11-5)12-8(14)7-2-6(13)3-10-7;/h4,6-7,10,13H,2-3H2,1H3,(H,11,12,14);1H/t6-,7-;/m1./s1. The fourth-order valence-corrected chi connectivity index (χ4v) is 2.21. The van der Waals surface area contributed by atoms with E-state index in [1.807, 2.05) is 12.3 Å². The topological polar surface area (TPSA) is 74.2 Å². The van der Waals surface area contributed by atoms with E-state index in [2.05, 4.69) is 15.6 Å². The van der Waals surface area contributed by atoms with Gasteiger partial charge in [0.2, 0.25) is 5.91 Å². The highest BCUT2D eigenvalue weighted by Crippen LogP contribution is 2.16. The van der Waals surface area contributed by atoms with E-state index in [1.54, 1.807) is 0 Å². The average Bonchev–Trinajstić information content (AvgIpc) is 2.75. The quantitative estimate of drug-likeness (QED) is 0.728. The molecule has 1 aromatic rings. The van der Waals surface area contributed by atoms with Crippen molar-refractivity contribution >= 4 is 34.8 Å². The molecule has 1 saturated heterocycles. The Labute approximate surface area is 104 Å². The molecular weight excluding hydrogens is 250 g/mol. The molecule has 0 aliphatic carbocycles. The van der Waals surface area contributed by atoms with Crippen LogP contribution in [-0.2, 0) is 4.79 Å². The van der Waals surface area contributed by atoms with Crippen LogP contribution in [0.15, 0.2) is 5.38 Å². The Kier molecular flexibility index (Phi) is 4.67. The zero-order valence-corrected chi connectivity index (χ0v) is 10.4. The Hall–Kier alpha value is -0.690. The second kappa shape index (κ2) is 5.58. The summed E-state index contributed by atoms with van der Waals surface area (Å²) in [6, 6.07) is -0.302. The Morgan fingerprint density at radius 2 is 2.50 bits per heavy atom. The third kappa shape index (κ3) is 3.15. The number of carbonyl (C=O) groups excluding carboxylic acids is 1. The summed E-state index contributed by atoms with van der Waals surface area (Å²) in [7, 11) is 0. The minimum absolute atomic E-state index is 0. The highest BCUT2D eigenvalue weighted by Gasteiger charge is 2.28. The lowest BCUT2D eigenvalue weighted by Gasteiger charge is -2.08. The number of nitrogens with one attached hydrogen (secondary N) is 2.